The van der Waals surface area contributed by atoms with Gasteiger partial charge in [-0.15, -0.1) is 0 Å². The minimum absolute atomic E-state index is 0.321. The number of para-hydroxylation sites is 2. The highest BCUT2D eigenvalue weighted by molar-refractivity contribution is 5.70. The molecule has 6 unspecified atom stereocenters. The molecule has 1 fully saturated rings. The van der Waals surface area contributed by atoms with Crippen LogP contribution in [0.3, 0.4) is 0 Å². The van der Waals surface area contributed by atoms with Gasteiger partial charge >= 0.3 is 0 Å². The Balaban J connectivity index is 0.990. The topological polar surface area (TPSA) is 6.48 Å². The fourth-order valence-electron chi connectivity index (χ4n) is 9.89. The van der Waals surface area contributed by atoms with Crippen molar-refractivity contribution in [3.63, 3.8) is 0 Å². The number of rotatable bonds is 7. The minimum atomic E-state index is 0.321. The van der Waals surface area contributed by atoms with Gasteiger partial charge in [-0.25, -0.2) is 0 Å². The summed E-state index contributed by atoms with van der Waals surface area (Å²) < 4.78 is 0. The van der Waals surface area contributed by atoms with Gasteiger partial charge in [-0.3, -0.25) is 0 Å². The van der Waals surface area contributed by atoms with E-state index in [1.165, 1.54) is 58.0 Å². The average molecular weight is 667 g/mol. The molecular weight excluding hydrogens is 617 g/mol. The van der Waals surface area contributed by atoms with Crippen molar-refractivity contribution >= 4 is 16.9 Å². The lowest BCUT2D eigenvalue weighted by molar-refractivity contribution is 0.351. The Morgan fingerprint density at radius 2 is 1.55 bits per heavy atom. The highest BCUT2D eigenvalue weighted by Gasteiger charge is 2.46. The van der Waals surface area contributed by atoms with Crippen molar-refractivity contribution in [2.24, 2.45) is 23.7 Å². The van der Waals surface area contributed by atoms with Gasteiger partial charge in [0.2, 0.25) is 0 Å². The number of hydrogen-bond donors (Lipinski definition) is 0. The normalized spacial score (nSPS) is 28.2. The van der Waals surface area contributed by atoms with E-state index in [9.17, 15) is 0 Å². The number of hydrogen-bond acceptors (Lipinski definition) is 2. The van der Waals surface area contributed by atoms with Gasteiger partial charge in [-0.2, -0.15) is 0 Å². The van der Waals surface area contributed by atoms with Crippen LogP contribution in [0.4, 0.5) is 11.4 Å². The maximum Gasteiger partial charge on any atom is 0.0542 e. The Morgan fingerprint density at radius 1 is 0.725 bits per heavy atom. The third-order valence-electron chi connectivity index (χ3n) is 12.4. The van der Waals surface area contributed by atoms with Crippen LogP contribution in [0.25, 0.3) is 5.57 Å². The second-order valence-corrected chi connectivity index (χ2v) is 15.5. The SMILES string of the molecule is CC1CC(c2ccc(C3CC=C4C(C3)C3CCC(N(C5=CCCC=C5)c5ccccc5)C=C3N4c3ccccc3)cc2)=CC=C1C1C=CC=CC1. The molecule has 1 heterocycles. The Kier molecular flexibility index (Phi) is 8.86. The smallest absolute Gasteiger partial charge is 0.0542 e. The molecular formula is C49H50N2. The van der Waals surface area contributed by atoms with E-state index in [0.29, 0.717) is 35.6 Å². The number of fused-ring (bicyclic) bond motifs is 3. The Hall–Kier alpha value is -4.82. The number of benzene rings is 3. The molecule has 1 saturated heterocycles. The third-order valence-corrected chi connectivity index (χ3v) is 12.4. The van der Waals surface area contributed by atoms with Crippen molar-refractivity contribution in [1.29, 1.82) is 0 Å². The standard InChI is InChI=1S/C49H50N2/c1-35-32-39(26-29-45(35)38-14-6-2-7-15-38)36-22-24-37(25-23-36)40-27-31-48-47(33-40)46-30-28-44(34-49(46)51(48)43-20-12-5-13-21-43)50(41-16-8-3-9-17-41)42-18-10-4-11-19-42/h2-3,5-10,12-14,16-26,29,31,34-35,38,40,44,46-47H,4,11,15,27-28,30,32-33H2,1H3. The molecule has 3 aromatic rings. The van der Waals surface area contributed by atoms with E-state index in [0.717, 1.165) is 38.5 Å². The third kappa shape index (κ3) is 6.24. The highest BCUT2D eigenvalue weighted by Crippen LogP contribution is 2.55. The van der Waals surface area contributed by atoms with Crippen LogP contribution in [0.15, 0.2) is 174 Å². The van der Waals surface area contributed by atoms with Crippen LogP contribution >= 0.6 is 0 Å². The molecule has 3 aromatic carbocycles. The molecule has 9 rings (SSSR count). The predicted molar refractivity (Wildman–Crippen MR) is 215 cm³/mol. The first-order valence-corrected chi connectivity index (χ1v) is 19.5. The molecule has 0 spiro atoms. The summed E-state index contributed by atoms with van der Waals surface area (Å²) in [5, 5.41) is 0. The summed E-state index contributed by atoms with van der Waals surface area (Å²) in [6.45, 7) is 2.41. The molecule has 0 N–H and O–H groups in total. The summed E-state index contributed by atoms with van der Waals surface area (Å²) in [5.74, 6) is 2.78. The molecule has 0 radical (unpaired) electrons. The van der Waals surface area contributed by atoms with Crippen LogP contribution in [-0.2, 0) is 0 Å². The summed E-state index contributed by atoms with van der Waals surface area (Å²) in [6, 6.07) is 32.2. The van der Waals surface area contributed by atoms with Gasteiger partial charge in [0.15, 0.2) is 0 Å². The molecule has 6 atom stereocenters. The monoisotopic (exact) mass is 666 g/mol. The van der Waals surface area contributed by atoms with Crippen LogP contribution in [0.1, 0.15) is 75.3 Å². The van der Waals surface area contributed by atoms with E-state index in [-0.39, 0.29) is 0 Å². The van der Waals surface area contributed by atoms with Crippen LogP contribution in [0.2, 0.25) is 0 Å². The molecule has 2 nitrogen and oxygen atoms in total. The van der Waals surface area contributed by atoms with Crippen molar-refractivity contribution in [1.82, 2.24) is 0 Å². The van der Waals surface area contributed by atoms with Crippen LogP contribution < -0.4 is 9.80 Å². The fraction of sp³-hybridized carbons (Fsp3) is 0.306. The molecule has 0 bridgehead atoms. The van der Waals surface area contributed by atoms with Gasteiger partial charge < -0.3 is 9.80 Å². The molecule has 0 aromatic heterocycles. The second kappa shape index (κ2) is 14.1. The Morgan fingerprint density at radius 3 is 2.29 bits per heavy atom. The summed E-state index contributed by atoms with van der Waals surface area (Å²) in [4.78, 5) is 5.25. The molecule has 256 valence electrons. The van der Waals surface area contributed by atoms with Crippen molar-refractivity contribution in [3.05, 3.63) is 186 Å². The van der Waals surface area contributed by atoms with E-state index in [1.54, 1.807) is 5.57 Å². The van der Waals surface area contributed by atoms with E-state index >= 15 is 0 Å². The van der Waals surface area contributed by atoms with E-state index in [2.05, 4.69) is 168 Å². The van der Waals surface area contributed by atoms with Crippen molar-refractivity contribution in [3.8, 4) is 0 Å². The predicted octanol–water partition coefficient (Wildman–Crippen LogP) is 12.5. The molecule has 51 heavy (non-hydrogen) atoms. The van der Waals surface area contributed by atoms with Gasteiger partial charge in [-0.05, 0) is 116 Å². The Labute approximate surface area is 305 Å². The molecule has 0 saturated carbocycles. The zero-order chi connectivity index (χ0) is 34.1. The molecule has 6 aliphatic rings. The van der Waals surface area contributed by atoms with Crippen LogP contribution in [0.5, 0.6) is 0 Å². The van der Waals surface area contributed by atoms with E-state index in [4.69, 9.17) is 0 Å². The van der Waals surface area contributed by atoms with Crippen molar-refractivity contribution < 1.29 is 0 Å². The summed E-state index contributed by atoms with van der Waals surface area (Å²) in [7, 11) is 0. The van der Waals surface area contributed by atoms with Crippen LogP contribution in [0, 0.1) is 23.7 Å². The lowest BCUT2D eigenvalue weighted by Gasteiger charge is -2.38. The fourth-order valence-corrected chi connectivity index (χ4v) is 9.89. The van der Waals surface area contributed by atoms with Crippen molar-refractivity contribution in [2.45, 2.75) is 70.3 Å². The summed E-state index contributed by atoms with van der Waals surface area (Å²) in [5.41, 5.74) is 12.9. The molecule has 0 amide bonds. The second-order valence-electron chi connectivity index (χ2n) is 15.5. The van der Waals surface area contributed by atoms with Gasteiger partial charge in [-0.1, -0.05) is 128 Å². The van der Waals surface area contributed by atoms with Gasteiger partial charge in [0.25, 0.3) is 0 Å². The summed E-state index contributed by atoms with van der Waals surface area (Å²) >= 11 is 0. The maximum atomic E-state index is 2.65. The van der Waals surface area contributed by atoms with E-state index < -0.39 is 0 Å². The van der Waals surface area contributed by atoms with Gasteiger partial charge in [0.05, 0.1) is 6.04 Å². The van der Waals surface area contributed by atoms with Gasteiger partial charge in [0, 0.05) is 46.2 Å². The maximum absolute atomic E-state index is 2.65. The quantitative estimate of drug-likeness (QED) is 0.248. The summed E-state index contributed by atoms with van der Waals surface area (Å²) in [6.07, 6.45) is 35.4. The van der Waals surface area contributed by atoms with Gasteiger partial charge in [0.1, 0.15) is 0 Å². The number of anilines is 2. The van der Waals surface area contributed by atoms with Crippen LogP contribution in [-0.4, -0.2) is 6.04 Å². The minimum Gasteiger partial charge on any atom is -0.335 e. The first-order valence-electron chi connectivity index (χ1n) is 19.5. The first kappa shape index (κ1) is 32.1. The number of allylic oxidation sites excluding steroid dienone is 14. The first-order chi connectivity index (χ1) is 25.2. The molecule has 5 aliphatic carbocycles. The lowest BCUT2D eigenvalue weighted by atomic mass is 9.73. The number of nitrogens with zero attached hydrogens (tertiary/aromatic N) is 2. The zero-order valence-electron chi connectivity index (χ0n) is 29.9. The highest BCUT2D eigenvalue weighted by atomic mass is 15.2. The molecule has 2 heteroatoms. The molecule has 1 aliphatic heterocycles. The lowest BCUT2D eigenvalue weighted by Crippen LogP contribution is -2.37. The van der Waals surface area contributed by atoms with E-state index in [1.807, 2.05) is 0 Å². The van der Waals surface area contributed by atoms with Crippen molar-refractivity contribution in [2.75, 3.05) is 9.80 Å². The largest absolute Gasteiger partial charge is 0.335 e. The average Bonchev–Trinajstić information content (AvgIpc) is 3.52. The Bertz CT molecular complexity index is 1980. The zero-order valence-corrected chi connectivity index (χ0v) is 29.9.